The fourth-order valence-corrected chi connectivity index (χ4v) is 4.16. The molecule has 0 spiro atoms. The van der Waals surface area contributed by atoms with Crippen LogP contribution >= 0.6 is 11.8 Å². The van der Waals surface area contributed by atoms with Crippen LogP contribution in [0.5, 0.6) is 11.5 Å². The fourth-order valence-electron chi connectivity index (χ4n) is 3.37. The highest BCUT2D eigenvalue weighted by molar-refractivity contribution is 8.00. The molecule has 4 nitrogen and oxygen atoms in total. The number of fused-ring (bicyclic) bond motifs is 1. The number of likely N-dealkylation sites (tertiary alicyclic amines) is 1. The van der Waals surface area contributed by atoms with Gasteiger partial charge in [-0.3, -0.25) is 4.79 Å². The number of ether oxygens (including phenoxy) is 2. The maximum Gasteiger partial charge on any atom is 0.233 e. The van der Waals surface area contributed by atoms with Crippen molar-refractivity contribution in [3.63, 3.8) is 0 Å². The van der Waals surface area contributed by atoms with Crippen LogP contribution in [0.2, 0.25) is 0 Å². The van der Waals surface area contributed by atoms with Crippen LogP contribution < -0.4 is 9.47 Å². The number of hydrogen-bond donors (Lipinski definition) is 0. The molecule has 2 aliphatic rings. The van der Waals surface area contributed by atoms with Crippen LogP contribution in [-0.4, -0.2) is 41.9 Å². The number of hydrogen-bond acceptors (Lipinski definition) is 4. The van der Waals surface area contributed by atoms with E-state index in [9.17, 15) is 4.79 Å². The molecule has 1 fully saturated rings. The number of nitrogens with zero attached hydrogens (tertiary/aromatic N) is 1. The van der Waals surface area contributed by atoms with Crippen molar-refractivity contribution < 1.29 is 14.3 Å². The number of carbonyl (C=O) groups is 1. The lowest BCUT2D eigenvalue weighted by Gasteiger charge is -2.39. The molecular weight excluding hydrogens is 310 g/mol. The number of carbonyl (C=O) groups excluding carboxylic acids is 1. The highest BCUT2D eigenvalue weighted by Gasteiger charge is 2.28. The minimum Gasteiger partial charge on any atom is -0.490 e. The Kier molecular flexibility index (Phi) is 5.36. The van der Waals surface area contributed by atoms with Crippen LogP contribution in [-0.2, 0) is 4.79 Å². The molecule has 1 saturated heterocycles. The molecule has 0 saturated carbocycles. The third kappa shape index (κ3) is 3.94. The lowest BCUT2D eigenvalue weighted by Crippen LogP contribution is -2.48. The van der Waals surface area contributed by atoms with E-state index in [-0.39, 0.29) is 5.91 Å². The summed E-state index contributed by atoms with van der Waals surface area (Å²) in [5, 5.41) is 0. The van der Waals surface area contributed by atoms with Gasteiger partial charge in [0.05, 0.1) is 19.0 Å². The largest absolute Gasteiger partial charge is 0.490 e. The zero-order valence-corrected chi connectivity index (χ0v) is 14.7. The van der Waals surface area contributed by atoms with Gasteiger partial charge in [0.25, 0.3) is 0 Å². The van der Waals surface area contributed by atoms with E-state index in [2.05, 4.69) is 18.7 Å². The predicted octanol–water partition coefficient (Wildman–Crippen LogP) is 3.73. The molecular formula is C18H25NO3S. The molecule has 0 N–H and O–H groups in total. The first-order chi connectivity index (χ1) is 11.1. The molecule has 126 valence electrons. The van der Waals surface area contributed by atoms with Crippen molar-refractivity contribution in [2.24, 2.45) is 0 Å². The van der Waals surface area contributed by atoms with E-state index in [1.165, 1.54) is 6.42 Å². The number of rotatable bonds is 3. The van der Waals surface area contributed by atoms with Crippen LogP contribution in [0.25, 0.3) is 0 Å². The van der Waals surface area contributed by atoms with Gasteiger partial charge in [0.15, 0.2) is 11.5 Å². The van der Waals surface area contributed by atoms with Crippen molar-refractivity contribution in [3.8, 4) is 11.5 Å². The number of thioether (sulfide) groups is 1. The summed E-state index contributed by atoms with van der Waals surface area (Å²) in [5.41, 5.74) is 0. The SMILES string of the molecule is CC1CCCC(C)N1C(=O)CSc1ccc2c(c1)OCCCO2. The van der Waals surface area contributed by atoms with Gasteiger partial charge in [0.1, 0.15) is 0 Å². The zero-order valence-electron chi connectivity index (χ0n) is 13.9. The highest BCUT2D eigenvalue weighted by Crippen LogP contribution is 2.34. The van der Waals surface area contributed by atoms with Crippen LogP contribution in [0.15, 0.2) is 23.1 Å². The van der Waals surface area contributed by atoms with Crippen molar-refractivity contribution >= 4 is 17.7 Å². The van der Waals surface area contributed by atoms with Crippen molar-refractivity contribution in [2.75, 3.05) is 19.0 Å². The van der Waals surface area contributed by atoms with Crippen molar-refractivity contribution in [1.29, 1.82) is 0 Å². The Balaban J connectivity index is 1.61. The van der Waals surface area contributed by atoms with Crippen LogP contribution in [0.1, 0.15) is 39.5 Å². The second-order valence-corrected chi connectivity index (χ2v) is 7.43. The second kappa shape index (κ2) is 7.47. The zero-order chi connectivity index (χ0) is 16.2. The minimum atomic E-state index is 0.238. The monoisotopic (exact) mass is 335 g/mol. The molecule has 2 heterocycles. The van der Waals surface area contributed by atoms with Gasteiger partial charge in [-0.05, 0) is 51.3 Å². The molecule has 1 aromatic carbocycles. The topological polar surface area (TPSA) is 38.8 Å². The summed E-state index contributed by atoms with van der Waals surface area (Å²) >= 11 is 1.58. The molecule has 5 heteroatoms. The fraction of sp³-hybridized carbons (Fsp3) is 0.611. The van der Waals surface area contributed by atoms with Gasteiger partial charge >= 0.3 is 0 Å². The van der Waals surface area contributed by atoms with E-state index in [4.69, 9.17) is 9.47 Å². The van der Waals surface area contributed by atoms with Gasteiger partial charge in [0.2, 0.25) is 5.91 Å². The Bertz CT molecular complexity index is 553. The summed E-state index contributed by atoms with van der Waals surface area (Å²) in [6.45, 7) is 5.70. The van der Waals surface area contributed by atoms with Gasteiger partial charge < -0.3 is 14.4 Å². The van der Waals surface area contributed by atoms with E-state index in [1.807, 2.05) is 18.2 Å². The Morgan fingerprint density at radius 3 is 2.57 bits per heavy atom. The highest BCUT2D eigenvalue weighted by atomic mass is 32.2. The number of benzene rings is 1. The summed E-state index contributed by atoms with van der Waals surface area (Å²) in [4.78, 5) is 15.7. The van der Waals surface area contributed by atoms with Crippen molar-refractivity contribution in [1.82, 2.24) is 4.90 Å². The van der Waals surface area contributed by atoms with E-state index < -0.39 is 0 Å². The molecule has 0 bridgehead atoms. The van der Waals surface area contributed by atoms with Crippen LogP contribution in [0.3, 0.4) is 0 Å². The van der Waals surface area contributed by atoms with E-state index in [0.717, 1.165) is 35.7 Å². The van der Waals surface area contributed by atoms with Gasteiger partial charge in [-0.25, -0.2) is 0 Å². The van der Waals surface area contributed by atoms with Gasteiger partial charge in [-0.15, -0.1) is 11.8 Å². The van der Waals surface area contributed by atoms with Gasteiger partial charge in [0, 0.05) is 23.4 Å². The molecule has 0 aliphatic carbocycles. The normalized spacial score (nSPS) is 24.2. The minimum absolute atomic E-state index is 0.238. The maximum atomic E-state index is 12.6. The Morgan fingerprint density at radius 1 is 1.13 bits per heavy atom. The lowest BCUT2D eigenvalue weighted by atomic mass is 9.98. The van der Waals surface area contributed by atoms with Crippen molar-refractivity contribution in [3.05, 3.63) is 18.2 Å². The smallest absolute Gasteiger partial charge is 0.233 e. The first-order valence-corrected chi connectivity index (χ1v) is 9.47. The average molecular weight is 335 g/mol. The van der Waals surface area contributed by atoms with E-state index >= 15 is 0 Å². The molecule has 3 rings (SSSR count). The lowest BCUT2D eigenvalue weighted by molar-refractivity contribution is -0.134. The molecule has 2 unspecified atom stereocenters. The van der Waals surface area contributed by atoms with Gasteiger partial charge in [-0.1, -0.05) is 0 Å². The third-order valence-corrected chi connectivity index (χ3v) is 5.54. The van der Waals surface area contributed by atoms with Gasteiger partial charge in [-0.2, -0.15) is 0 Å². The summed E-state index contributed by atoms with van der Waals surface area (Å²) in [7, 11) is 0. The molecule has 0 aromatic heterocycles. The Morgan fingerprint density at radius 2 is 1.83 bits per heavy atom. The number of piperidine rings is 1. The van der Waals surface area contributed by atoms with Crippen LogP contribution in [0.4, 0.5) is 0 Å². The summed E-state index contributed by atoms with van der Waals surface area (Å²) in [6, 6.07) is 6.65. The second-order valence-electron chi connectivity index (χ2n) is 6.38. The first kappa shape index (κ1) is 16.5. The first-order valence-electron chi connectivity index (χ1n) is 8.49. The Labute approximate surface area is 142 Å². The summed E-state index contributed by atoms with van der Waals surface area (Å²) in [6.07, 6.45) is 4.36. The molecule has 0 radical (unpaired) electrons. The van der Waals surface area contributed by atoms with E-state index in [1.54, 1.807) is 11.8 Å². The number of amides is 1. The van der Waals surface area contributed by atoms with E-state index in [0.29, 0.717) is 31.1 Å². The average Bonchev–Trinajstić information content (AvgIpc) is 2.77. The molecule has 2 atom stereocenters. The third-order valence-electron chi connectivity index (χ3n) is 4.56. The summed E-state index contributed by atoms with van der Waals surface area (Å²) in [5.74, 6) is 2.31. The molecule has 1 amide bonds. The maximum absolute atomic E-state index is 12.6. The molecule has 23 heavy (non-hydrogen) atoms. The summed E-state index contributed by atoms with van der Waals surface area (Å²) < 4.78 is 11.4. The molecule has 1 aromatic rings. The van der Waals surface area contributed by atoms with Crippen LogP contribution in [0, 0.1) is 0 Å². The predicted molar refractivity (Wildman–Crippen MR) is 92.4 cm³/mol. The standard InChI is InChI=1S/C18H25NO3S/c1-13-5-3-6-14(2)19(13)18(20)12-23-15-7-8-16-17(11-15)22-10-4-9-21-16/h7-8,11,13-14H,3-6,9-10,12H2,1-2H3. The quantitative estimate of drug-likeness (QED) is 0.789. The van der Waals surface area contributed by atoms with Crippen molar-refractivity contribution in [2.45, 2.75) is 56.5 Å². The molecule has 2 aliphatic heterocycles. The Hall–Kier alpha value is -1.36.